The summed E-state index contributed by atoms with van der Waals surface area (Å²) in [6.45, 7) is 6.15. The summed E-state index contributed by atoms with van der Waals surface area (Å²) in [5.74, 6) is 0.0145. The molecule has 0 aliphatic carbocycles. The summed E-state index contributed by atoms with van der Waals surface area (Å²) in [5, 5.41) is 12.5. The SMILES string of the molecule is CON1CCn2c(O)c(-c3c(C)cc(C)cc3Br)c(=O)n2CC1. The zero-order chi connectivity index (χ0) is 16.7. The van der Waals surface area contributed by atoms with E-state index < -0.39 is 0 Å². The zero-order valence-corrected chi connectivity index (χ0v) is 15.1. The van der Waals surface area contributed by atoms with Crippen LogP contribution in [-0.2, 0) is 17.9 Å². The summed E-state index contributed by atoms with van der Waals surface area (Å²) >= 11 is 3.54. The second kappa shape index (κ2) is 6.14. The molecule has 0 saturated carbocycles. The summed E-state index contributed by atoms with van der Waals surface area (Å²) in [6.07, 6.45) is 0. The summed E-state index contributed by atoms with van der Waals surface area (Å²) in [4.78, 5) is 18.1. The molecule has 1 aliphatic rings. The minimum atomic E-state index is -0.173. The van der Waals surface area contributed by atoms with Crippen molar-refractivity contribution in [2.24, 2.45) is 0 Å². The van der Waals surface area contributed by atoms with Gasteiger partial charge in [0.15, 0.2) is 0 Å². The second-order valence-electron chi connectivity index (χ2n) is 5.80. The van der Waals surface area contributed by atoms with Gasteiger partial charge >= 0.3 is 0 Å². The van der Waals surface area contributed by atoms with Crippen LogP contribution in [0.15, 0.2) is 21.4 Å². The van der Waals surface area contributed by atoms with Crippen molar-refractivity contribution in [3.05, 3.63) is 38.1 Å². The van der Waals surface area contributed by atoms with E-state index in [1.54, 1.807) is 21.5 Å². The lowest BCUT2D eigenvalue weighted by molar-refractivity contribution is -0.130. The molecule has 2 heterocycles. The maximum Gasteiger partial charge on any atom is 0.278 e. The van der Waals surface area contributed by atoms with Gasteiger partial charge in [-0.25, -0.2) is 9.36 Å². The molecule has 2 aromatic rings. The fourth-order valence-corrected chi connectivity index (χ4v) is 4.06. The Morgan fingerprint density at radius 1 is 1.09 bits per heavy atom. The minimum absolute atomic E-state index is 0.0145. The van der Waals surface area contributed by atoms with Gasteiger partial charge in [-0.1, -0.05) is 22.0 Å². The first-order valence-corrected chi connectivity index (χ1v) is 8.32. The standard InChI is InChI=1S/C16H20BrN3O3/c1-10-8-11(2)13(12(17)9-10)14-15(21)19-6-4-18(23-3)5-7-20(19)16(14)22/h8-9,21H,4-7H2,1-3H3. The van der Waals surface area contributed by atoms with Crippen molar-refractivity contribution in [2.75, 3.05) is 20.2 Å². The fraction of sp³-hybridized carbons (Fsp3) is 0.438. The molecule has 7 heteroatoms. The van der Waals surface area contributed by atoms with Gasteiger partial charge < -0.3 is 9.94 Å². The summed E-state index contributed by atoms with van der Waals surface area (Å²) in [5.41, 5.74) is 3.02. The molecule has 124 valence electrons. The molecule has 0 spiro atoms. The van der Waals surface area contributed by atoms with E-state index >= 15 is 0 Å². The van der Waals surface area contributed by atoms with E-state index in [9.17, 15) is 9.90 Å². The molecule has 1 aromatic carbocycles. The lowest BCUT2D eigenvalue weighted by atomic mass is 10.0. The Morgan fingerprint density at radius 3 is 2.35 bits per heavy atom. The van der Waals surface area contributed by atoms with E-state index in [4.69, 9.17) is 4.84 Å². The Kier molecular flexibility index (Phi) is 4.35. The van der Waals surface area contributed by atoms with Crippen molar-refractivity contribution in [2.45, 2.75) is 26.9 Å². The van der Waals surface area contributed by atoms with Crippen LogP contribution in [0, 0.1) is 13.8 Å². The Balaban J connectivity index is 2.17. The zero-order valence-electron chi connectivity index (χ0n) is 13.5. The average Bonchev–Trinajstić information content (AvgIpc) is 2.67. The molecule has 0 radical (unpaired) electrons. The van der Waals surface area contributed by atoms with Crippen LogP contribution in [0.4, 0.5) is 0 Å². The van der Waals surface area contributed by atoms with Gasteiger partial charge in [0.05, 0.1) is 20.2 Å². The molecule has 1 aliphatic heterocycles. The van der Waals surface area contributed by atoms with Crippen LogP contribution in [0.25, 0.3) is 11.1 Å². The third-order valence-electron chi connectivity index (χ3n) is 4.27. The Hall–Kier alpha value is -1.57. The molecule has 6 nitrogen and oxygen atoms in total. The van der Waals surface area contributed by atoms with E-state index in [0.29, 0.717) is 31.7 Å². The van der Waals surface area contributed by atoms with Gasteiger partial charge in [-0.15, -0.1) is 0 Å². The third-order valence-corrected chi connectivity index (χ3v) is 4.90. The van der Waals surface area contributed by atoms with Gasteiger partial charge in [0, 0.05) is 23.1 Å². The summed E-state index contributed by atoms with van der Waals surface area (Å²) < 4.78 is 4.06. The van der Waals surface area contributed by atoms with Crippen molar-refractivity contribution in [3.8, 4) is 17.0 Å². The van der Waals surface area contributed by atoms with Crippen molar-refractivity contribution in [3.63, 3.8) is 0 Å². The highest BCUT2D eigenvalue weighted by atomic mass is 79.9. The molecule has 0 atom stereocenters. The maximum atomic E-state index is 12.9. The lowest BCUT2D eigenvalue weighted by Gasteiger charge is -2.15. The minimum Gasteiger partial charge on any atom is -0.493 e. The first kappa shape index (κ1) is 16.3. The van der Waals surface area contributed by atoms with Crippen LogP contribution >= 0.6 is 15.9 Å². The summed E-state index contributed by atoms with van der Waals surface area (Å²) in [6, 6.07) is 3.97. The molecule has 0 fully saturated rings. The molecule has 0 amide bonds. The first-order chi connectivity index (χ1) is 10.9. The summed E-state index contributed by atoms with van der Waals surface area (Å²) in [7, 11) is 1.61. The molecule has 23 heavy (non-hydrogen) atoms. The number of hydroxylamine groups is 2. The molecule has 0 bridgehead atoms. The average molecular weight is 382 g/mol. The highest BCUT2D eigenvalue weighted by Gasteiger charge is 2.26. The number of rotatable bonds is 2. The van der Waals surface area contributed by atoms with E-state index in [1.165, 1.54) is 0 Å². The normalized spacial score (nSPS) is 15.5. The quantitative estimate of drug-likeness (QED) is 0.866. The van der Waals surface area contributed by atoms with Gasteiger partial charge in [-0.3, -0.25) is 4.79 Å². The molecular formula is C16H20BrN3O3. The number of aromatic hydroxyl groups is 1. The molecular weight excluding hydrogens is 362 g/mol. The molecule has 1 aromatic heterocycles. The Bertz CT molecular complexity index is 787. The Labute approximate surface area is 143 Å². The number of hydrogen-bond donors (Lipinski definition) is 1. The van der Waals surface area contributed by atoms with Crippen LogP contribution < -0.4 is 5.56 Å². The predicted octanol–water partition coefficient (Wildman–Crippen LogP) is 2.28. The van der Waals surface area contributed by atoms with E-state index in [2.05, 4.69) is 15.9 Å². The van der Waals surface area contributed by atoms with Gasteiger partial charge in [-0.05, 0) is 31.0 Å². The molecule has 1 N–H and O–H groups in total. The molecule has 3 rings (SSSR count). The van der Waals surface area contributed by atoms with Crippen LogP contribution in [0.1, 0.15) is 11.1 Å². The van der Waals surface area contributed by atoms with E-state index in [0.717, 1.165) is 21.2 Å². The molecule has 0 saturated heterocycles. The largest absolute Gasteiger partial charge is 0.493 e. The van der Waals surface area contributed by atoms with Gasteiger partial charge in [-0.2, -0.15) is 5.06 Å². The highest BCUT2D eigenvalue weighted by molar-refractivity contribution is 9.10. The van der Waals surface area contributed by atoms with Crippen LogP contribution in [0.3, 0.4) is 0 Å². The highest BCUT2D eigenvalue weighted by Crippen LogP contribution is 2.36. The number of nitrogens with zero attached hydrogens (tertiary/aromatic N) is 3. The van der Waals surface area contributed by atoms with E-state index in [-0.39, 0.29) is 11.4 Å². The number of hydrogen-bond acceptors (Lipinski definition) is 4. The van der Waals surface area contributed by atoms with Crippen molar-refractivity contribution < 1.29 is 9.94 Å². The predicted molar refractivity (Wildman–Crippen MR) is 91.5 cm³/mol. The number of halogens is 1. The number of aromatic nitrogens is 2. The van der Waals surface area contributed by atoms with Crippen molar-refractivity contribution in [1.29, 1.82) is 0 Å². The van der Waals surface area contributed by atoms with Crippen LogP contribution in [0.2, 0.25) is 0 Å². The smallest absolute Gasteiger partial charge is 0.278 e. The fourth-order valence-electron chi connectivity index (χ4n) is 3.18. The number of fused-ring (bicyclic) bond motifs is 1. The number of benzene rings is 1. The monoisotopic (exact) mass is 381 g/mol. The molecule has 0 unspecified atom stereocenters. The maximum absolute atomic E-state index is 12.9. The van der Waals surface area contributed by atoms with Crippen LogP contribution in [0.5, 0.6) is 5.88 Å². The van der Waals surface area contributed by atoms with Gasteiger partial charge in [0.25, 0.3) is 5.56 Å². The van der Waals surface area contributed by atoms with Crippen LogP contribution in [-0.4, -0.2) is 39.7 Å². The lowest BCUT2D eigenvalue weighted by Crippen LogP contribution is -2.27. The third kappa shape index (κ3) is 2.73. The van der Waals surface area contributed by atoms with Gasteiger partial charge in [0.1, 0.15) is 5.56 Å². The second-order valence-corrected chi connectivity index (χ2v) is 6.65. The Morgan fingerprint density at radius 2 is 1.74 bits per heavy atom. The van der Waals surface area contributed by atoms with Crippen molar-refractivity contribution in [1.82, 2.24) is 14.4 Å². The van der Waals surface area contributed by atoms with E-state index in [1.807, 2.05) is 26.0 Å². The van der Waals surface area contributed by atoms with Gasteiger partial charge in [0.2, 0.25) is 5.88 Å². The van der Waals surface area contributed by atoms with Crippen molar-refractivity contribution >= 4 is 15.9 Å². The number of aryl methyl sites for hydroxylation is 2. The topological polar surface area (TPSA) is 59.6 Å². The first-order valence-electron chi connectivity index (χ1n) is 7.52.